The second-order valence-corrected chi connectivity index (χ2v) is 5.16. The van der Waals surface area contributed by atoms with Crippen LogP contribution in [0.4, 0.5) is 5.82 Å². The fraction of sp³-hybridized carbons (Fsp3) is 0.400. The Kier molecular flexibility index (Phi) is 2.82. The molecule has 0 amide bonds. The smallest absolute Gasteiger partial charge is 0.175 e. The van der Waals surface area contributed by atoms with Gasteiger partial charge in [0, 0.05) is 5.92 Å². The molecule has 1 aliphatic carbocycles. The average Bonchev–Trinajstić information content (AvgIpc) is 2.97. The van der Waals surface area contributed by atoms with E-state index in [4.69, 9.17) is 10.3 Å². The molecule has 2 N–H and O–H groups in total. The van der Waals surface area contributed by atoms with Gasteiger partial charge in [-0.05, 0) is 25.3 Å². The third-order valence-corrected chi connectivity index (χ3v) is 3.78. The molecule has 1 heterocycles. The maximum Gasteiger partial charge on any atom is 0.175 e. The molecule has 0 atom stereocenters. The fourth-order valence-electron chi connectivity index (χ4n) is 2.87. The molecule has 3 nitrogen and oxygen atoms in total. The highest BCUT2D eigenvalue weighted by atomic mass is 16.5. The number of anilines is 1. The Balaban J connectivity index is 2.07. The van der Waals surface area contributed by atoms with Crippen LogP contribution in [-0.4, -0.2) is 5.16 Å². The summed E-state index contributed by atoms with van der Waals surface area (Å²) in [5.41, 5.74) is 9.34. The highest BCUT2D eigenvalue weighted by Crippen LogP contribution is 2.41. The topological polar surface area (TPSA) is 52.0 Å². The Labute approximate surface area is 107 Å². The van der Waals surface area contributed by atoms with Crippen LogP contribution in [0.2, 0.25) is 0 Å². The van der Waals surface area contributed by atoms with Crippen LogP contribution in [0.3, 0.4) is 0 Å². The zero-order chi connectivity index (χ0) is 12.5. The van der Waals surface area contributed by atoms with Crippen molar-refractivity contribution in [3.63, 3.8) is 0 Å². The van der Waals surface area contributed by atoms with Crippen LogP contribution in [0, 0.1) is 6.92 Å². The molecule has 2 aromatic rings. The molecule has 0 radical (unpaired) electrons. The Morgan fingerprint density at radius 3 is 2.78 bits per heavy atom. The number of nitrogen functional groups attached to an aromatic ring is 1. The van der Waals surface area contributed by atoms with Crippen LogP contribution in [0.1, 0.15) is 42.9 Å². The number of hydrogen-bond donors (Lipinski definition) is 1. The van der Waals surface area contributed by atoms with Gasteiger partial charge in [-0.25, -0.2) is 0 Å². The highest BCUT2D eigenvalue weighted by molar-refractivity contribution is 5.76. The largest absolute Gasteiger partial charge is 0.380 e. The zero-order valence-electron chi connectivity index (χ0n) is 10.6. The van der Waals surface area contributed by atoms with E-state index in [1.54, 1.807) is 0 Å². The Morgan fingerprint density at radius 1 is 1.28 bits per heavy atom. The molecule has 18 heavy (non-hydrogen) atoms. The van der Waals surface area contributed by atoms with Gasteiger partial charge in [0.15, 0.2) is 5.82 Å². The van der Waals surface area contributed by atoms with Gasteiger partial charge in [0.2, 0.25) is 0 Å². The molecule has 1 saturated carbocycles. The molecule has 0 aliphatic heterocycles. The van der Waals surface area contributed by atoms with E-state index in [1.807, 2.05) is 0 Å². The predicted octanol–water partition coefficient (Wildman–Crippen LogP) is 3.89. The minimum absolute atomic E-state index is 0.491. The first-order valence-corrected chi connectivity index (χ1v) is 6.58. The highest BCUT2D eigenvalue weighted by Gasteiger charge is 2.26. The number of hydrogen-bond acceptors (Lipinski definition) is 3. The van der Waals surface area contributed by atoms with Crippen molar-refractivity contribution in [2.24, 2.45) is 0 Å². The van der Waals surface area contributed by atoms with Gasteiger partial charge in [-0.15, -0.1) is 0 Å². The van der Waals surface area contributed by atoms with Crippen molar-refractivity contribution >= 4 is 5.82 Å². The summed E-state index contributed by atoms with van der Waals surface area (Å²) in [4.78, 5) is 0. The van der Waals surface area contributed by atoms with E-state index in [2.05, 4.69) is 36.3 Å². The summed E-state index contributed by atoms with van der Waals surface area (Å²) in [6.45, 7) is 2.09. The minimum atomic E-state index is 0.491. The van der Waals surface area contributed by atoms with Gasteiger partial charge in [-0.1, -0.05) is 47.8 Å². The maximum atomic E-state index is 5.99. The van der Waals surface area contributed by atoms with Gasteiger partial charge < -0.3 is 10.3 Å². The lowest BCUT2D eigenvalue weighted by Crippen LogP contribution is -1.95. The summed E-state index contributed by atoms with van der Waals surface area (Å²) in [6, 6.07) is 8.35. The molecular weight excluding hydrogens is 224 g/mol. The van der Waals surface area contributed by atoms with Gasteiger partial charge >= 0.3 is 0 Å². The number of aryl methyl sites for hydroxylation is 1. The second-order valence-electron chi connectivity index (χ2n) is 5.16. The van der Waals surface area contributed by atoms with E-state index < -0.39 is 0 Å². The van der Waals surface area contributed by atoms with Crippen LogP contribution in [0.25, 0.3) is 11.1 Å². The first-order valence-electron chi connectivity index (χ1n) is 6.58. The molecule has 3 rings (SSSR count). The number of rotatable bonds is 2. The predicted molar refractivity (Wildman–Crippen MR) is 72.3 cm³/mol. The second kappa shape index (κ2) is 4.48. The molecule has 1 aromatic heterocycles. The van der Waals surface area contributed by atoms with Crippen LogP contribution in [-0.2, 0) is 0 Å². The van der Waals surface area contributed by atoms with Gasteiger partial charge in [-0.3, -0.25) is 0 Å². The van der Waals surface area contributed by atoms with Crippen LogP contribution >= 0.6 is 0 Å². The van der Waals surface area contributed by atoms with Crippen molar-refractivity contribution in [1.29, 1.82) is 0 Å². The van der Waals surface area contributed by atoms with Crippen LogP contribution in [0.15, 0.2) is 28.8 Å². The number of nitrogens with zero attached hydrogens (tertiary/aromatic N) is 1. The average molecular weight is 242 g/mol. The van der Waals surface area contributed by atoms with Crippen molar-refractivity contribution in [2.75, 3.05) is 5.73 Å². The lowest BCUT2D eigenvalue weighted by Gasteiger charge is -2.08. The number of nitrogens with two attached hydrogens (primary N) is 1. The molecule has 1 fully saturated rings. The summed E-state index contributed by atoms with van der Waals surface area (Å²) in [5.74, 6) is 1.99. The third kappa shape index (κ3) is 1.90. The standard InChI is InChI=1S/C15H18N2O/c1-10-5-4-8-12(9-10)13-14(18-17-15(13)16)11-6-2-3-7-11/h4-5,8-9,11H,2-3,6-7H2,1H3,(H2,16,17). The minimum Gasteiger partial charge on any atom is -0.380 e. The quantitative estimate of drug-likeness (QED) is 0.869. The van der Waals surface area contributed by atoms with E-state index in [0.717, 1.165) is 16.9 Å². The lowest BCUT2D eigenvalue weighted by molar-refractivity contribution is 0.363. The molecular formula is C15H18N2O. The van der Waals surface area contributed by atoms with Crippen LogP contribution < -0.4 is 5.73 Å². The number of benzene rings is 1. The first kappa shape index (κ1) is 11.3. The van der Waals surface area contributed by atoms with Gasteiger partial charge in [0.1, 0.15) is 5.76 Å². The van der Waals surface area contributed by atoms with E-state index in [-0.39, 0.29) is 0 Å². The maximum absolute atomic E-state index is 5.99. The molecule has 3 heteroatoms. The molecule has 0 unspecified atom stereocenters. The Morgan fingerprint density at radius 2 is 2.06 bits per heavy atom. The summed E-state index contributed by atoms with van der Waals surface area (Å²) >= 11 is 0. The van der Waals surface area contributed by atoms with Crippen molar-refractivity contribution in [3.05, 3.63) is 35.6 Å². The van der Waals surface area contributed by atoms with E-state index in [0.29, 0.717) is 11.7 Å². The molecule has 1 aromatic carbocycles. The molecule has 0 bridgehead atoms. The summed E-state index contributed by atoms with van der Waals surface area (Å²) in [7, 11) is 0. The van der Waals surface area contributed by atoms with Gasteiger partial charge in [0.05, 0.1) is 5.56 Å². The number of aromatic nitrogens is 1. The van der Waals surface area contributed by atoms with Crippen LogP contribution in [0.5, 0.6) is 0 Å². The first-order chi connectivity index (χ1) is 8.75. The van der Waals surface area contributed by atoms with Crippen molar-refractivity contribution in [1.82, 2.24) is 5.16 Å². The monoisotopic (exact) mass is 242 g/mol. The third-order valence-electron chi connectivity index (χ3n) is 3.78. The Bertz CT molecular complexity index is 553. The van der Waals surface area contributed by atoms with Crippen molar-refractivity contribution < 1.29 is 4.52 Å². The summed E-state index contributed by atoms with van der Waals surface area (Å²) in [5, 5.41) is 3.97. The lowest BCUT2D eigenvalue weighted by atomic mass is 9.96. The molecule has 1 aliphatic rings. The van der Waals surface area contributed by atoms with Crippen molar-refractivity contribution in [3.8, 4) is 11.1 Å². The van der Waals surface area contributed by atoms with E-state index >= 15 is 0 Å². The molecule has 94 valence electrons. The molecule has 0 spiro atoms. The van der Waals surface area contributed by atoms with E-state index in [9.17, 15) is 0 Å². The zero-order valence-corrected chi connectivity index (χ0v) is 10.6. The normalized spacial score (nSPS) is 16.3. The summed E-state index contributed by atoms with van der Waals surface area (Å²) in [6.07, 6.45) is 4.93. The molecule has 0 saturated heterocycles. The van der Waals surface area contributed by atoms with Gasteiger partial charge in [-0.2, -0.15) is 0 Å². The van der Waals surface area contributed by atoms with Gasteiger partial charge in [0.25, 0.3) is 0 Å². The van der Waals surface area contributed by atoms with E-state index in [1.165, 1.54) is 31.2 Å². The van der Waals surface area contributed by atoms with Crippen molar-refractivity contribution in [2.45, 2.75) is 38.5 Å². The summed E-state index contributed by atoms with van der Waals surface area (Å²) < 4.78 is 5.50. The SMILES string of the molecule is Cc1cccc(-c2c(N)noc2C2CCCC2)c1. The Hall–Kier alpha value is -1.77. The fourth-order valence-corrected chi connectivity index (χ4v) is 2.87.